The lowest BCUT2D eigenvalue weighted by Gasteiger charge is -2.24. The van der Waals surface area contributed by atoms with E-state index in [0.717, 1.165) is 10.5 Å². The highest BCUT2D eigenvalue weighted by molar-refractivity contribution is 5.99. The molecule has 7 heteroatoms. The van der Waals surface area contributed by atoms with Gasteiger partial charge in [-0.2, -0.15) is 0 Å². The fourth-order valence-corrected chi connectivity index (χ4v) is 1.72. The molecule has 0 aliphatic rings. The molecule has 126 valence electrons. The Balaban J connectivity index is 2.75. The predicted molar refractivity (Wildman–Crippen MR) is 85.5 cm³/mol. The number of hydrogen-bond acceptors (Lipinski definition) is 4. The summed E-state index contributed by atoms with van der Waals surface area (Å²) in [6.45, 7) is 4.14. The molecule has 0 saturated heterocycles. The summed E-state index contributed by atoms with van der Waals surface area (Å²) in [4.78, 5) is 37.1. The van der Waals surface area contributed by atoms with Crippen LogP contribution in [0.3, 0.4) is 0 Å². The number of primary amides is 1. The van der Waals surface area contributed by atoms with E-state index in [9.17, 15) is 14.4 Å². The number of imide groups is 2. The molecule has 0 fully saturated rings. The predicted octanol–water partition coefficient (Wildman–Crippen LogP) is 2.80. The van der Waals surface area contributed by atoms with Gasteiger partial charge >= 0.3 is 18.2 Å². The van der Waals surface area contributed by atoms with Gasteiger partial charge in [0.25, 0.3) is 0 Å². The zero-order chi connectivity index (χ0) is 17.4. The van der Waals surface area contributed by atoms with Crippen molar-refractivity contribution in [1.29, 1.82) is 0 Å². The molecule has 0 aromatic heterocycles. The lowest BCUT2D eigenvalue weighted by Crippen LogP contribution is -2.49. The smallest absolute Gasteiger partial charge is 0.418 e. The Labute approximate surface area is 136 Å². The Morgan fingerprint density at radius 2 is 1.78 bits per heavy atom. The van der Waals surface area contributed by atoms with Gasteiger partial charge in [-0.3, -0.25) is 0 Å². The van der Waals surface area contributed by atoms with Crippen LogP contribution in [0, 0.1) is 5.92 Å². The van der Waals surface area contributed by atoms with Gasteiger partial charge in [-0.05, 0) is 17.9 Å². The van der Waals surface area contributed by atoms with E-state index in [1.165, 1.54) is 7.05 Å². The molecule has 0 aliphatic carbocycles. The van der Waals surface area contributed by atoms with Crippen LogP contribution in [0.5, 0.6) is 0 Å². The van der Waals surface area contributed by atoms with Crippen molar-refractivity contribution in [1.82, 2.24) is 9.80 Å². The largest absolute Gasteiger partial charge is 0.444 e. The molecular formula is C16H23N3O4. The Hall–Kier alpha value is -2.57. The van der Waals surface area contributed by atoms with Crippen LogP contribution in [-0.4, -0.2) is 41.5 Å². The maximum atomic E-state index is 12.2. The van der Waals surface area contributed by atoms with E-state index in [1.54, 1.807) is 0 Å². The summed E-state index contributed by atoms with van der Waals surface area (Å²) >= 11 is 0. The number of amides is 5. The number of carbonyl (C=O) groups excluding carboxylic acids is 3. The van der Waals surface area contributed by atoms with Gasteiger partial charge in [0.1, 0.15) is 6.61 Å². The van der Waals surface area contributed by atoms with E-state index in [-0.39, 0.29) is 19.1 Å². The molecule has 1 rings (SSSR count). The van der Waals surface area contributed by atoms with Crippen molar-refractivity contribution in [2.75, 3.05) is 13.6 Å². The summed E-state index contributed by atoms with van der Waals surface area (Å²) in [5.74, 6) is 0.283. The number of urea groups is 2. The minimum Gasteiger partial charge on any atom is -0.444 e. The second kappa shape index (κ2) is 8.77. The van der Waals surface area contributed by atoms with E-state index in [2.05, 4.69) is 0 Å². The molecule has 0 saturated carbocycles. The monoisotopic (exact) mass is 321 g/mol. The van der Waals surface area contributed by atoms with Crippen LogP contribution in [0.15, 0.2) is 30.3 Å². The standard InChI is InChI=1S/C16H23N3O4/c1-12(2)9-10-19(15(21)18(3)14(17)20)16(22)23-11-13-7-5-4-6-8-13/h4-8,12H,9-11H2,1-3H3,(H2,17,20). The van der Waals surface area contributed by atoms with E-state index < -0.39 is 18.2 Å². The molecule has 0 bridgehead atoms. The number of carbonyl (C=O) groups is 3. The Morgan fingerprint density at radius 1 is 1.17 bits per heavy atom. The molecule has 0 radical (unpaired) electrons. The molecule has 0 heterocycles. The topological polar surface area (TPSA) is 92.9 Å². The van der Waals surface area contributed by atoms with Crippen molar-refractivity contribution in [2.24, 2.45) is 11.7 Å². The van der Waals surface area contributed by atoms with Crippen LogP contribution in [0.2, 0.25) is 0 Å². The second-order valence-corrected chi connectivity index (χ2v) is 5.55. The van der Waals surface area contributed by atoms with Gasteiger partial charge in [0, 0.05) is 13.6 Å². The van der Waals surface area contributed by atoms with Crippen molar-refractivity contribution >= 4 is 18.2 Å². The fourth-order valence-electron chi connectivity index (χ4n) is 1.72. The van der Waals surface area contributed by atoms with Crippen LogP contribution in [0.25, 0.3) is 0 Å². The lowest BCUT2D eigenvalue weighted by molar-refractivity contribution is 0.0966. The molecule has 0 atom stereocenters. The number of nitrogens with two attached hydrogens (primary N) is 1. The van der Waals surface area contributed by atoms with Gasteiger partial charge < -0.3 is 10.5 Å². The third kappa shape index (κ3) is 5.98. The van der Waals surface area contributed by atoms with Crippen molar-refractivity contribution in [3.63, 3.8) is 0 Å². The number of hydrogen-bond donors (Lipinski definition) is 1. The first kappa shape index (κ1) is 18.5. The highest BCUT2D eigenvalue weighted by Crippen LogP contribution is 2.09. The van der Waals surface area contributed by atoms with E-state index in [0.29, 0.717) is 11.3 Å². The van der Waals surface area contributed by atoms with Gasteiger partial charge in [0.2, 0.25) is 0 Å². The summed E-state index contributed by atoms with van der Waals surface area (Å²) in [5, 5.41) is 0. The molecule has 0 spiro atoms. The average molecular weight is 321 g/mol. The normalized spacial score (nSPS) is 10.3. The van der Waals surface area contributed by atoms with Crippen molar-refractivity contribution in [3.05, 3.63) is 35.9 Å². The number of rotatable bonds is 5. The van der Waals surface area contributed by atoms with Crippen molar-refractivity contribution in [3.8, 4) is 0 Å². The Kier molecular flexibility index (Phi) is 7.05. The molecule has 2 N–H and O–H groups in total. The third-order valence-electron chi connectivity index (χ3n) is 3.20. The molecule has 5 amide bonds. The fraction of sp³-hybridized carbons (Fsp3) is 0.438. The first-order valence-electron chi connectivity index (χ1n) is 7.38. The summed E-state index contributed by atoms with van der Waals surface area (Å²) < 4.78 is 5.16. The van der Waals surface area contributed by atoms with E-state index in [1.807, 2.05) is 44.2 Å². The van der Waals surface area contributed by atoms with Gasteiger partial charge in [0.15, 0.2) is 0 Å². The van der Waals surface area contributed by atoms with Gasteiger partial charge in [0.05, 0.1) is 0 Å². The Morgan fingerprint density at radius 3 is 2.30 bits per heavy atom. The minimum absolute atomic E-state index is 0.0470. The molecule has 0 aliphatic heterocycles. The van der Waals surface area contributed by atoms with Gasteiger partial charge in [-0.15, -0.1) is 0 Å². The van der Waals surface area contributed by atoms with Crippen molar-refractivity contribution in [2.45, 2.75) is 26.9 Å². The average Bonchev–Trinajstić information content (AvgIpc) is 2.52. The summed E-state index contributed by atoms with van der Waals surface area (Å²) in [5.41, 5.74) is 5.89. The highest BCUT2D eigenvalue weighted by atomic mass is 16.6. The maximum Gasteiger partial charge on any atom is 0.418 e. The summed E-state index contributed by atoms with van der Waals surface area (Å²) in [6.07, 6.45) is -0.203. The maximum absolute atomic E-state index is 12.2. The quantitative estimate of drug-likeness (QED) is 0.902. The minimum atomic E-state index is -0.930. The van der Waals surface area contributed by atoms with E-state index >= 15 is 0 Å². The first-order valence-corrected chi connectivity index (χ1v) is 7.38. The van der Waals surface area contributed by atoms with E-state index in [4.69, 9.17) is 10.5 Å². The molecule has 1 aromatic rings. The number of benzene rings is 1. The van der Waals surface area contributed by atoms with Gasteiger partial charge in [-0.1, -0.05) is 44.2 Å². The van der Waals surface area contributed by atoms with Crippen LogP contribution in [0.1, 0.15) is 25.8 Å². The summed E-state index contributed by atoms with van der Waals surface area (Å²) in [7, 11) is 1.22. The molecule has 0 unspecified atom stereocenters. The first-order chi connectivity index (χ1) is 10.8. The zero-order valence-corrected chi connectivity index (χ0v) is 13.7. The third-order valence-corrected chi connectivity index (χ3v) is 3.20. The van der Waals surface area contributed by atoms with Crippen LogP contribution >= 0.6 is 0 Å². The van der Waals surface area contributed by atoms with Crippen LogP contribution < -0.4 is 5.73 Å². The Bertz CT molecular complexity index is 546. The molecule has 1 aromatic carbocycles. The number of ether oxygens (including phenoxy) is 1. The highest BCUT2D eigenvalue weighted by Gasteiger charge is 2.28. The molecule has 7 nitrogen and oxygen atoms in total. The second-order valence-electron chi connectivity index (χ2n) is 5.55. The zero-order valence-electron chi connectivity index (χ0n) is 13.7. The van der Waals surface area contributed by atoms with Crippen LogP contribution in [0.4, 0.5) is 14.4 Å². The van der Waals surface area contributed by atoms with Crippen molar-refractivity contribution < 1.29 is 19.1 Å². The number of nitrogens with zero attached hydrogens (tertiary/aromatic N) is 2. The molecule has 23 heavy (non-hydrogen) atoms. The SMILES string of the molecule is CC(C)CCN(C(=O)OCc1ccccc1)C(=O)N(C)C(N)=O. The lowest BCUT2D eigenvalue weighted by atomic mass is 10.1. The summed E-state index contributed by atoms with van der Waals surface area (Å²) in [6, 6.07) is 7.39. The van der Waals surface area contributed by atoms with Crippen LogP contribution in [-0.2, 0) is 11.3 Å². The molecular weight excluding hydrogens is 298 g/mol. The van der Waals surface area contributed by atoms with Gasteiger partial charge in [-0.25, -0.2) is 24.2 Å².